The van der Waals surface area contributed by atoms with Crippen molar-refractivity contribution in [2.45, 2.75) is 26.3 Å². The summed E-state index contributed by atoms with van der Waals surface area (Å²) in [5, 5.41) is 1.42. The van der Waals surface area contributed by atoms with Gasteiger partial charge in [0.05, 0.1) is 4.60 Å². The summed E-state index contributed by atoms with van der Waals surface area (Å²) in [6.07, 6.45) is 3.67. The van der Waals surface area contributed by atoms with Crippen LogP contribution in [0.4, 0.5) is 0 Å². The van der Waals surface area contributed by atoms with E-state index in [1.807, 2.05) is 0 Å². The summed E-state index contributed by atoms with van der Waals surface area (Å²) in [4.78, 5) is 8.61. The highest BCUT2D eigenvalue weighted by Gasteiger charge is 2.34. The standard InChI is InChI=1S/C20H26BrN3/c1-4-24(5-2)12-13-9-15-14-7-6-8-17-19(14)16(20(21)22-17)10-18(15)23(3)11-13/h6-9,13,18,22H,4-5,10-12H2,1-3H3/t13-,18-/m1/s1. The van der Waals surface area contributed by atoms with Crippen molar-refractivity contribution in [2.75, 3.05) is 33.2 Å². The third-order valence-corrected chi connectivity index (χ3v) is 6.48. The van der Waals surface area contributed by atoms with Gasteiger partial charge in [-0.15, -0.1) is 0 Å². The van der Waals surface area contributed by atoms with Crippen molar-refractivity contribution >= 4 is 32.4 Å². The molecular weight excluding hydrogens is 362 g/mol. The molecular formula is C20H26BrN3. The number of benzene rings is 1. The van der Waals surface area contributed by atoms with Gasteiger partial charge in [-0.2, -0.15) is 0 Å². The fourth-order valence-corrected chi connectivity index (χ4v) is 5.10. The largest absolute Gasteiger partial charge is 0.349 e. The van der Waals surface area contributed by atoms with E-state index in [1.54, 1.807) is 0 Å². The van der Waals surface area contributed by atoms with E-state index in [-0.39, 0.29) is 0 Å². The summed E-state index contributed by atoms with van der Waals surface area (Å²) in [7, 11) is 2.29. The third kappa shape index (κ3) is 2.56. The van der Waals surface area contributed by atoms with Crippen molar-refractivity contribution in [3.8, 4) is 0 Å². The zero-order valence-electron chi connectivity index (χ0n) is 14.8. The number of hydrogen-bond donors (Lipinski definition) is 1. The number of H-pyrrole nitrogens is 1. The molecule has 1 aromatic heterocycles. The molecule has 2 atom stereocenters. The zero-order valence-corrected chi connectivity index (χ0v) is 16.4. The molecule has 0 spiro atoms. The van der Waals surface area contributed by atoms with Crippen molar-refractivity contribution in [3.05, 3.63) is 40.0 Å². The highest BCUT2D eigenvalue weighted by molar-refractivity contribution is 9.10. The predicted molar refractivity (Wildman–Crippen MR) is 105 cm³/mol. The lowest BCUT2D eigenvalue weighted by Crippen LogP contribution is -2.45. The average molecular weight is 388 g/mol. The van der Waals surface area contributed by atoms with Gasteiger partial charge in [0.1, 0.15) is 0 Å². The first-order valence-corrected chi connectivity index (χ1v) is 9.85. The Kier molecular flexibility index (Phi) is 4.31. The van der Waals surface area contributed by atoms with E-state index < -0.39 is 0 Å². The molecule has 0 bridgehead atoms. The van der Waals surface area contributed by atoms with Crippen molar-refractivity contribution < 1.29 is 0 Å². The quantitative estimate of drug-likeness (QED) is 0.851. The number of fused-ring (bicyclic) bond motifs is 2. The van der Waals surface area contributed by atoms with Gasteiger partial charge in [0.2, 0.25) is 0 Å². The highest BCUT2D eigenvalue weighted by Crippen LogP contribution is 2.43. The molecule has 1 aromatic carbocycles. The fraction of sp³-hybridized carbons (Fsp3) is 0.500. The van der Waals surface area contributed by atoms with Gasteiger partial charge in [0.15, 0.2) is 0 Å². The van der Waals surface area contributed by atoms with Crippen LogP contribution in [0.3, 0.4) is 0 Å². The normalized spacial score (nSPS) is 23.6. The van der Waals surface area contributed by atoms with Crippen molar-refractivity contribution in [1.82, 2.24) is 14.8 Å². The Morgan fingerprint density at radius 1 is 1.29 bits per heavy atom. The molecule has 4 rings (SSSR count). The number of aromatic amines is 1. The van der Waals surface area contributed by atoms with Crippen LogP contribution in [0.2, 0.25) is 0 Å². The van der Waals surface area contributed by atoms with Gasteiger partial charge in [-0.25, -0.2) is 0 Å². The van der Waals surface area contributed by atoms with Gasteiger partial charge < -0.3 is 9.88 Å². The van der Waals surface area contributed by atoms with Crippen LogP contribution in [0.5, 0.6) is 0 Å². The lowest BCUT2D eigenvalue weighted by atomic mass is 9.80. The molecule has 0 fully saturated rings. The van der Waals surface area contributed by atoms with E-state index in [4.69, 9.17) is 0 Å². The maximum Gasteiger partial charge on any atom is 0.0864 e. The monoisotopic (exact) mass is 387 g/mol. The number of halogens is 1. The third-order valence-electron chi connectivity index (χ3n) is 5.80. The predicted octanol–water partition coefficient (Wildman–Crippen LogP) is 4.14. The Bertz CT molecular complexity index is 788. The number of hydrogen-bond acceptors (Lipinski definition) is 2. The van der Waals surface area contributed by atoms with Crippen LogP contribution >= 0.6 is 15.9 Å². The van der Waals surface area contributed by atoms with Crippen LogP contribution in [0, 0.1) is 5.92 Å². The van der Waals surface area contributed by atoms with Crippen LogP contribution < -0.4 is 0 Å². The summed E-state index contributed by atoms with van der Waals surface area (Å²) in [6, 6.07) is 7.18. The molecule has 24 heavy (non-hydrogen) atoms. The number of nitrogens with one attached hydrogen (secondary N) is 1. The number of aromatic nitrogens is 1. The molecule has 1 aliphatic heterocycles. The molecule has 128 valence electrons. The Balaban J connectivity index is 1.78. The maximum atomic E-state index is 3.74. The van der Waals surface area contributed by atoms with E-state index in [2.05, 4.69) is 75.9 Å². The minimum absolute atomic E-state index is 0.503. The summed E-state index contributed by atoms with van der Waals surface area (Å²) in [5.41, 5.74) is 5.65. The van der Waals surface area contributed by atoms with Crippen molar-refractivity contribution in [3.63, 3.8) is 0 Å². The SMILES string of the molecule is CCN(CC)C[C@@H]1C=C2c3cccc4[nH]c(Br)c(c34)C[C@H]2N(C)C1. The zero-order chi connectivity index (χ0) is 16.8. The summed E-state index contributed by atoms with van der Waals surface area (Å²) in [6.45, 7) is 9.10. The summed E-state index contributed by atoms with van der Waals surface area (Å²) < 4.78 is 1.16. The lowest BCUT2D eigenvalue weighted by Gasteiger charge is -2.41. The molecule has 2 aromatic rings. The fourth-order valence-electron chi connectivity index (χ4n) is 4.52. The van der Waals surface area contributed by atoms with Gasteiger partial charge in [-0.05, 0) is 65.3 Å². The summed E-state index contributed by atoms with van der Waals surface area (Å²) in [5.74, 6) is 0.611. The van der Waals surface area contributed by atoms with E-state index in [9.17, 15) is 0 Å². The molecule has 3 nitrogen and oxygen atoms in total. The Hall–Kier alpha value is -1.10. The molecule has 2 aliphatic rings. The molecule has 0 saturated heterocycles. The van der Waals surface area contributed by atoms with Gasteiger partial charge in [-0.3, -0.25) is 4.90 Å². The smallest absolute Gasteiger partial charge is 0.0864 e. The lowest BCUT2D eigenvalue weighted by molar-refractivity contribution is 0.198. The first-order chi connectivity index (χ1) is 11.6. The topological polar surface area (TPSA) is 22.3 Å². The summed E-state index contributed by atoms with van der Waals surface area (Å²) >= 11 is 3.74. The van der Waals surface area contributed by atoms with E-state index in [1.165, 1.54) is 27.6 Å². The second-order valence-corrected chi connectivity index (χ2v) is 7.97. The number of nitrogens with zero attached hydrogens (tertiary/aromatic N) is 2. The molecule has 0 radical (unpaired) electrons. The van der Waals surface area contributed by atoms with Crippen LogP contribution in [-0.4, -0.2) is 54.1 Å². The van der Waals surface area contributed by atoms with E-state index >= 15 is 0 Å². The minimum atomic E-state index is 0.503. The van der Waals surface area contributed by atoms with E-state index in [0.717, 1.165) is 37.2 Å². The average Bonchev–Trinajstić information content (AvgIpc) is 2.91. The van der Waals surface area contributed by atoms with Gasteiger partial charge in [-0.1, -0.05) is 32.1 Å². The number of rotatable bonds is 4. The van der Waals surface area contributed by atoms with Gasteiger partial charge in [0, 0.05) is 36.0 Å². The number of likely N-dealkylation sites (N-methyl/N-ethyl adjacent to an activating group) is 1. The Labute approximate surface area is 152 Å². The first-order valence-electron chi connectivity index (χ1n) is 9.06. The molecule has 1 N–H and O–H groups in total. The van der Waals surface area contributed by atoms with Crippen LogP contribution in [0.15, 0.2) is 28.9 Å². The molecule has 0 unspecified atom stereocenters. The Morgan fingerprint density at radius 2 is 2.08 bits per heavy atom. The van der Waals surface area contributed by atoms with Crippen LogP contribution in [0.1, 0.15) is 25.0 Å². The molecule has 0 amide bonds. The van der Waals surface area contributed by atoms with Crippen molar-refractivity contribution in [2.24, 2.45) is 5.92 Å². The Morgan fingerprint density at radius 3 is 2.83 bits per heavy atom. The molecule has 0 saturated carbocycles. The van der Waals surface area contributed by atoms with Crippen LogP contribution in [-0.2, 0) is 6.42 Å². The molecule has 1 aliphatic carbocycles. The molecule has 2 heterocycles. The van der Waals surface area contributed by atoms with Crippen LogP contribution in [0.25, 0.3) is 16.5 Å². The first kappa shape index (κ1) is 16.4. The maximum absolute atomic E-state index is 3.74. The second-order valence-electron chi connectivity index (χ2n) is 7.17. The van der Waals surface area contributed by atoms with Gasteiger partial charge in [0.25, 0.3) is 0 Å². The highest BCUT2D eigenvalue weighted by atomic mass is 79.9. The van der Waals surface area contributed by atoms with E-state index in [0.29, 0.717) is 12.0 Å². The molecule has 4 heteroatoms. The van der Waals surface area contributed by atoms with Gasteiger partial charge >= 0.3 is 0 Å². The second kappa shape index (κ2) is 6.32. The minimum Gasteiger partial charge on any atom is -0.349 e. The van der Waals surface area contributed by atoms with Crippen molar-refractivity contribution in [1.29, 1.82) is 0 Å².